The first-order chi connectivity index (χ1) is 12.9. The van der Waals surface area contributed by atoms with Crippen molar-refractivity contribution in [3.63, 3.8) is 0 Å². The zero-order valence-corrected chi connectivity index (χ0v) is 16.9. The topological polar surface area (TPSA) is 96.1 Å². The minimum absolute atomic E-state index is 0.215. The Hall–Kier alpha value is -2.46. The fourth-order valence-electron chi connectivity index (χ4n) is 2.59. The Labute approximate surface area is 162 Å². The minimum atomic E-state index is -0.522. The lowest BCUT2D eigenvalue weighted by Crippen LogP contribution is -2.37. The van der Waals surface area contributed by atoms with Crippen LogP contribution in [0.3, 0.4) is 0 Å². The maximum atomic E-state index is 12.8. The predicted molar refractivity (Wildman–Crippen MR) is 105 cm³/mol. The molecule has 27 heavy (non-hydrogen) atoms. The van der Waals surface area contributed by atoms with Gasteiger partial charge in [0.2, 0.25) is 0 Å². The van der Waals surface area contributed by atoms with E-state index in [-0.39, 0.29) is 11.0 Å². The molecule has 10 heteroatoms. The third kappa shape index (κ3) is 3.42. The molecule has 0 unspecified atom stereocenters. The fourth-order valence-corrected chi connectivity index (χ4v) is 4.32. The third-order valence-electron chi connectivity index (χ3n) is 4.10. The second kappa shape index (κ2) is 7.65. The van der Waals surface area contributed by atoms with Crippen LogP contribution in [0.2, 0.25) is 0 Å². The number of esters is 1. The standard InChI is InChI=1S/C17H18N4O4S2/c1-5-9(16(23)25-4)27-14-11-13(20(2)17(24)21(3)15(11)22)18-12(19-14)10-7-6-8-26-10/h6-9H,5H2,1-4H3/t9-/m0/s1. The summed E-state index contributed by atoms with van der Waals surface area (Å²) in [5.41, 5.74) is -0.726. The van der Waals surface area contributed by atoms with Crippen LogP contribution in [0.25, 0.3) is 21.7 Å². The zero-order valence-electron chi connectivity index (χ0n) is 15.3. The van der Waals surface area contributed by atoms with Gasteiger partial charge in [-0.3, -0.25) is 18.7 Å². The molecule has 142 valence electrons. The number of thiophene rings is 1. The summed E-state index contributed by atoms with van der Waals surface area (Å²) in [5, 5.41) is 1.94. The summed E-state index contributed by atoms with van der Waals surface area (Å²) in [6.07, 6.45) is 0.503. The van der Waals surface area contributed by atoms with Gasteiger partial charge in [0, 0.05) is 14.1 Å². The summed E-state index contributed by atoms with van der Waals surface area (Å²) >= 11 is 2.60. The maximum absolute atomic E-state index is 12.8. The average Bonchev–Trinajstić information content (AvgIpc) is 3.22. The lowest BCUT2D eigenvalue weighted by atomic mass is 10.3. The van der Waals surface area contributed by atoms with E-state index in [9.17, 15) is 14.4 Å². The molecule has 3 heterocycles. The van der Waals surface area contributed by atoms with E-state index < -0.39 is 22.5 Å². The van der Waals surface area contributed by atoms with Gasteiger partial charge in [-0.15, -0.1) is 11.3 Å². The molecule has 0 bridgehead atoms. The van der Waals surface area contributed by atoms with Crippen molar-refractivity contribution in [3.05, 3.63) is 38.4 Å². The first-order valence-corrected chi connectivity index (χ1v) is 9.91. The molecule has 0 aliphatic heterocycles. The van der Waals surface area contributed by atoms with E-state index in [1.807, 2.05) is 24.4 Å². The summed E-state index contributed by atoms with van der Waals surface area (Å²) in [5.74, 6) is 0.0107. The SMILES string of the molecule is CC[C@H](Sc1nc(-c2cccs2)nc2c1c(=O)n(C)c(=O)n2C)C(=O)OC. The Kier molecular flexibility index (Phi) is 5.47. The van der Waals surface area contributed by atoms with Gasteiger partial charge in [0.15, 0.2) is 11.5 Å². The van der Waals surface area contributed by atoms with Crippen LogP contribution in [-0.4, -0.2) is 37.4 Å². The monoisotopic (exact) mass is 406 g/mol. The first kappa shape index (κ1) is 19.3. The Morgan fingerprint density at radius 1 is 1.30 bits per heavy atom. The van der Waals surface area contributed by atoms with Crippen LogP contribution in [0.4, 0.5) is 0 Å². The number of aryl methyl sites for hydroxylation is 1. The molecular formula is C17H18N4O4S2. The van der Waals surface area contributed by atoms with Gasteiger partial charge in [-0.1, -0.05) is 24.8 Å². The van der Waals surface area contributed by atoms with Gasteiger partial charge >= 0.3 is 11.7 Å². The Balaban J connectivity index is 2.34. The molecule has 0 fully saturated rings. The summed E-state index contributed by atoms with van der Waals surface area (Å²) in [6, 6.07) is 3.73. The average molecular weight is 406 g/mol. The summed E-state index contributed by atoms with van der Waals surface area (Å²) in [6.45, 7) is 1.85. The molecule has 0 aliphatic carbocycles. The normalized spacial score (nSPS) is 12.3. The summed E-state index contributed by atoms with van der Waals surface area (Å²) in [4.78, 5) is 47.0. The van der Waals surface area contributed by atoms with Crippen LogP contribution in [0.1, 0.15) is 13.3 Å². The molecular weight excluding hydrogens is 388 g/mol. The van der Waals surface area contributed by atoms with Gasteiger partial charge < -0.3 is 4.74 Å². The molecule has 0 saturated carbocycles. The van der Waals surface area contributed by atoms with E-state index in [4.69, 9.17) is 4.74 Å². The van der Waals surface area contributed by atoms with Crippen molar-refractivity contribution < 1.29 is 9.53 Å². The van der Waals surface area contributed by atoms with E-state index in [1.54, 1.807) is 7.05 Å². The fraction of sp³-hybridized carbons (Fsp3) is 0.353. The number of ether oxygens (including phenoxy) is 1. The predicted octanol–water partition coefficient (Wildman–Crippen LogP) is 1.80. The maximum Gasteiger partial charge on any atom is 0.332 e. The van der Waals surface area contributed by atoms with Crippen LogP contribution in [-0.2, 0) is 23.6 Å². The highest BCUT2D eigenvalue weighted by atomic mass is 32.2. The van der Waals surface area contributed by atoms with Crippen LogP contribution < -0.4 is 11.2 Å². The lowest BCUT2D eigenvalue weighted by Gasteiger charge is -2.15. The first-order valence-electron chi connectivity index (χ1n) is 8.15. The van der Waals surface area contributed by atoms with E-state index in [2.05, 4.69) is 9.97 Å². The number of carbonyl (C=O) groups excluding carboxylic acids is 1. The van der Waals surface area contributed by atoms with Crippen LogP contribution >= 0.6 is 23.1 Å². The van der Waals surface area contributed by atoms with Gasteiger partial charge in [0.1, 0.15) is 15.7 Å². The van der Waals surface area contributed by atoms with Gasteiger partial charge in [-0.05, 0) is 17.9 Å². The van der Waals surface area contributed by atoms with E-state index in [0.717, 1.165) is 21.2 Å². The highest BCUT2D eigenvalue weighted by Gasteiger charge is 2.24. The summed E-state index contributed by atoms with van der Waals surface area (Å²) in [7, 11) is 4.29. The van der Waals surface area contributed by atoms with Crippen LogP contribution in [0, 0.1) is 0 Å². The minimum Gasteiger partial charge on any atom is -0.468 e. The number of carbonyl (C=O) groups is 1. The second-order valence-electron chi connectivity index (χ2n) is 5.77. The van der Waals surface area contributed by atoms with Crippen molar-refractivity contribution in [1.82, 2.24) is 19.1 Å². The summed E-state index contributed by atoms with van der Waals surface area (Å²) < 4.78 is 7.18. The largest absolute Gasteiger partial charge is 0.468 e. The van der Waals surface area contributed by atoms with Crippen molar-refractivity contribution in [2.24, 2.45) is 14.1 Å². The number of hydrogen-bond donors (Lipinski definition) is 0. The highest BCUT2D eigenvalue weighted by molar-refractivity contribution is 8.00. The number of fused-ring (bicyclic) bond motifs is 1. The smallest absolute Gasteiger partial charge is 0.332 e. The Morgan fingerprint density at radius 2 is 2.04 bits per heavy atom. The molecule has 1 atom stereocenters. The number of rotatable bonds is 5. The van der Waals surface area contributed by atoms with Gasteiger partial charge in [-0.2, -0.15) is 0 Å². The molecule has 3 aromatic rings. The number of hydrogen-bond acceptors (Lipinski definition) is 8. The number of nitrogens with zero attached hydrogens (tertiary/aromatic N) is 4. The molecule has 0 aliphatic rings. The van der Waals surface area contributed by atoms with Crippen molar-refractivity contribution in [2.45, 2.75) is 23.6 Å². The highest BCUT2D eigenvalue weighted by Crippen LogP contribution is 2.31. The van der Waals surface area contributed by atoms with Crippen LogP contribution in [0.5, 0.6) is 0 Å². The van der Waals surface area contributed by atoms with Gasteiger partial charge in [-0.25, -0.2) is 14.8 Å². The molecule has 3 rings (SSSR count). The van der Waals surface area contributed by atoms with Crippen molar-refractivity contribution in [3.8, 4) is 10.7 Å². The molecule has 3 aromatic heterocycles. The Bertz CT molecular complexity index is 1120. The van der Waals surface area contributed by atoms with Gasteiger partial charge in [0.25, 0.3) is 5.56 Å². The van der Waals surface area contributed by atoms with Gasteiger partial charge in [0.05, 0.1) is 12.0 Å². The van der Waals surface area contributed by atoms with E-state index in [0.29, 0.717) is 17.3 Å². The number of thioether (sulfide) groups is 1. The van der Waals surface area contributed by atoms with E-state index >= 15 is 0 Å². The number of methoxy groups -OCH3 is 1. The molecule has 0 spiro atoms. The van der Waals surface area contributed by atoms with Crippen LogP contribution in [0.15, 0.2) is 32.1 Å². The number of aromatic nitrogens is 4. The van der Waals surface area contributed by atoms with Crippen molar-refractivity contribution in [1.29, 1.82) is 0 Å². The quantitative estimate of drug-likeness (QED) is 0.362. The van der Waals surface area contributed by atoms with E-state index in [1.165, 1.54) is 30.1 Å². The zero-order chi connectivity index (χ0) is 19.7. The molecule has 0 amide bonds. The lowest BCUT2D eigenvalue weighted by molar-refractivity contribution is -0.140. The Morgan fingerprint density at radius 3 is 2.63 bits per heavy atom. The molecule has 0 aromatic carbocycles. The molecule has 0 radical (unpaired) electrons. The second-order valence-corrected chi connectivity index (χ2v) is 7.91. The molecule has 0 saturated heterocycles. The molecule has 8 nitrogen and oxygen atoms in total. The third-order valence-corrected chi connectivity index (χ3v) is 6.29. The van der Waals surface area contributed by atoms with Crippen molar-refractivity contribution >= 4 is 40.1 Å². The van der Waals surface area contributed by atoms with Crippen molar-refractivity contribution in [2.75, 3.05) is 7.11 Å². The molecule has 0 N–H and O–H groups in total.